The third-order valence-electron chi connectivity index (χ3n) is 3.31. The summed E-state index contributed by atoms with van der Waals surface area (Å²) >= 11 is 3.38. The molecule has 1 aromatic rings. The molecule has 4 nitrogen and oxygen atoms in total. The maximum Gasteiger partial charge on any atom is 0.263 e. The minimum absolute atomic E-state index is 0.0341. The summed E-state index contributed by atoms with van der Waals surface area (Å²) in [5.74, 6) is 0.732. The van der Waals surface area contributed by atoms with Gasteiger partial charge in [0.25, 0.3) is 5.91 Å². The van der Waals surface area contributed by atoms with Gasteiger partial charge in [-0.1, -0.05) is 22.0 Å². The molecule has 1 aliphatic heterocycles. The lowest BCUT2D eigenvalue weighted by atomic mass is 10.1. The van der Waals surface area contributed by atoms with Crippen molar-refractivity contribution in [3.63, 3.8) is 0 Å². The van der Waals surface area contributed by atoms with E-state index in [0.717, 1.165) is 30.4 Å². The number of nitrogens with two attached hydrogens (primary N) is 1. The maximum atomic E-state index is 12.2. The summed E-state index contributed by atoms with van der Waals surface area (Å²) in [6.45, 7) is 3.25. The molecule has 0 bridgehead atoms. The zero-order chi connectivity index (χ0) is 13.8. The highest BCUT2D eigenvalue weighted by atomic mass is 79.9. The van der Waals surface area contributed by atoms with Gasteiger partial charge in [0.05, 0.1) is 0 Å². The van der Waals surface area contributed by atoms with Crippen molar-refractivity contribution in [2.24, 2.45) is 5.73 Å². The van der Waals surface area contributed by atoms with E-state index in [1.807, 2.05) is 29.2 Å². The third-order valence-corrected chi connectivity index (χ3v) is 3.80. The minimum Gasteiger partial charge on any atom is -0.481 e. The van der Waals surface area contributed by atoms with Crippen molar-refractivity contribution < 1.29 is 9.53 Å². The molecule has 104 valence electrons. The molecule has 0 aliphatic carbocycles. The van der Waals surface area contributed by atoms with Crippen LogP contribution in [0, 0.1) is 0 Å². The van der Waals surface area contributed by atoms with Gasteiger partial charge in [0, 0.05) is 23.6 Å². The number of benzene rings is 1. The van der Waals surface area contributed by atoms with E-state index in [0.29, 0.717) is 5.75 Å². The first kappa shape index (κ1) is 14.3. The molecule has 1 atom stereocenters. The number of rotatable bonds is 3. The molecular weight excluding hydrogens is 308 g/mol. The Labute approximate surface area is 122 Å². The van der Waals surface area contributed by atoms with Crippen molar-refractivity contribution >= 4 is 21.8 Å². The molecule has 2 rings (SSSR count). The lowest BCUT2D eigenvalue weighted by molar-refractivity contribution is -0.139. The molecule has 0 aromatic heterocycles. The Hall–Kier alpha value is -1.07. The number of amides is 1. The molecule has 2 N–H and O–H groups in total. The van der Waals surface area contributed by atoms with Gasteiger partial charge >= 0.3 is 0 Å². The summed E-state index contributed by atoms with van der Waals surface area (Å²) in [5.41, 5.74) is 5.84. The second-order valence-electron chi connectivity index (χ2n) is 4.88. The molecule has 19 heavy (non-hydrogen) atoms. The molecule has 0 saturated carbocycles. The summed E-state index contributed by atoms with van der Waals surface area (Å²) < 4.78 is 6.62. The molecule has 5 heteroatoms. The number of carbonyl (C=O) groups is 1. The fraction of sp³-hybridized carbons (Fsp3) is 0.500. The van der Waals surface area contributed by atoms with E-state index in [-0.39, 0.29) is 11.9 Å². The quantitative estimate of drug-likeness (QED) is 0.926. The van der Waals surface area contributed by atoms with E-state index in [1.54, 1.807) is 6.92 Å². The number of halogens is 1. The van der Waals surface area contributed by atoms with Gasteiger partial charge in [-0.05, 0) is 38.0 Å². The standard InChI is InChI=1S/C14H19BrN2O2/c1-10(19-13-4-2-3-11(15)9-13)14(18)17-7-5-12(16)6-8-17/h2-4,9-10,12H,5-8,16H2,1H3. The summed E-state index contributed by atoms with van der Waals surface area (Å²) in [5, 5.41) is 0. The van der Waals surface area contributed by atoms with Gasteiger partial charge in [0.1, 0.15) is 5.75 Å². The Morgan fingerprint density at radius 1 is 1.47 bits per heavy atom. The van der Waals surface area contributed by atoms with Crippen LogP contribution in [-0.4, -0.2) is 36.0 Å². The fourth-order valence-electron chi connectivity index (χ4n) is 2.17. The second-order valence-corrected chi connectivity index (χ2v) is 5.80. The van der Waals surface area contributed by atoms with Crippen LogP contribution in [0.15, 0.2) is 28.7 Å². The zero-order valence-corrected chi connectivity index (χ0v) is 12.6. The predicted octanol–water partition coefficient (Wildman–Crippen LogP) is 2.17. The Bertz CT molecular complexity index is 445. The zero-order valence-electron chi connectivity index (χ0n) is 11.0. The van der Waals surface area contributed by atoms with Crippen molar-refractivity contribution in [2.75, 3.05) is 13.1 Å². The average molecular weight is 327 g/mol. The van der Waals surface area contributed by atoms with Gasteiger partial charge in [0.2, 0.25) is 0 Å². The second kappa shape index (κ2) is 6.39. The van der Waals surface area contributed by atoms with Crippen molar-refractivity contribution in [2.45, 2.75) is 31.9 Å². The highest BCUT2D eigenvalue weighted by molar-refractivity contribution is 9.10. The van der Waals surface area contributed by atoms with E-state index >= 15 is 0 Å². The Morgan fingerprint density at radius 2 is 2.16 bits per heavy atom. The van der Waals surface area contributed by atoms with Gasteiger partial charge in [-0.25, -0.2) is 0 Å². The summed E-state index contributed by atoms with van der Waals surface area (Å²) in [6, 6.07) is 7.74. The Morgan fingerprint density at radius 3 is 2.79 bits per heavy atom. The highest BCUT2D eigenvalue weighted by Gasteiger charge is 2.25. The lowest BCUT2D eigenvalue weighted by Crippen LogP contribution is -2.47. The normalized spacial score (nSPS) is 18.2. The molecule has 1 heterocycles. The van der Waals surface area contributed by atoms with Crippen LogP contribution in [0.2, 0.25) is 0 Å². The Kier molecular flexibility index (Phi) is 4.82. The van der Waals surface area contributed by atoms with Crippen LogP contribution in [0.25, 0.3) is 0 Å². The molecule has 1 unspecified atom stereocenters. The topological polar surface area (TPSA) is 55.6 Å². The number of piperidine rings is 1. The van der Waals surface area contributed by atoms with E-state index in [9.17, 15) is 4.79 Å². The summed E-state index contributed by atoms with van der Waals surface area (Å²) in [7, 11) is 0. The smallest absolute Gasteiger partial charge is 0.263 e. The van der Waals surface area contributed by atoms with Crippen LogP contribution in [0.4, 0.5) is 0 Å². The van der Waals surface area contributed by atoms with Gasteiger partial charge in [0.15, 0.2) is 6.10 Å². The van der Waals surface area contributed by atoms with Crippen LogP contribution < -0.4 is 10.5 Å². The SMILES string of the molecule is CC(Oc1cccc(Br)c1)C(=O)N1CCC(N)CC1. The third kappa shape index (κ3) is 3.94. The van der Waals surface area contributed by atoms with E-state index in [2.05, 4.69) is 15.9 Å². The molecule has 1 aromatic carbocycles. The molecule has 1 saturated heterocycles. The van der Waals surface area contributed by atoms with Gasteiger partial charge in [-0.2, -0.15) is 0 Å². The number of ether oxygens (including phenoxy) is 1. The maximum absolute atomic E-state index is 12.2. The van der Waals surface area contributed by atoms with Crippen LogP contribution in [0.3, 0.4) is 0 Å². The number of carbonyl (C=O) groups excluding carboxylic acids is 1. The van der Waals surface area contributed by atoms with Crippen molar-refractivity contribution in [1.29, 1.82) is 0 Å². The fourth-order valence-corrected chi connectivity index (χ4v) is 2.55. The van der Waals surface area contributed by atoms with Crippen molar-refractivity contribution in [1.82, 2.24) is 4.90 Å². The first-order chi connectivity index (χ1) is 9.06. The molecular formula is C14H19BrN2O2. The van der Waals surface area contributed by atoms with Crippen LogP contribution in [0.5, 0.6) is 5.75 Å². The molecule has 1 amide bonds. The highest BCUT2D eigenvalue weighted by Crippen LogP contribution is 2.20. The van der Waals surface area contributed by atoms with E-state index in [4.69, 9.17) is 10.5 Å². The number of hydrogen-bond acceptors (Lipinski definition) is 3. The van der Waals surface area contributed by atoms with Crippen molar-refractivity contribution in [3.8, 4) is 5.75 Å². The molecule has 1 fully saturated rings. The van der Waals surface area contributed by atoms with E-state index in [1.165, 1.54) is 0 Å². The van der Waals surface area contributed by atoms with Crippen LogP contribution >= 0.6 is 15.9 Å². The first-order valence-corrected chi connectivity index (χ1v) is 7.32. The lowest BCUT2D eigenvalue weighted by Gasteiger charge is -2.32. The van der Waals surface area contributed by atoms with Gasteiger partial charge in [-0.3, -0.25) is 4.79 Å². The van der Waals surface area contributed by atoms with E-state index < -0.39 is 6.10 Å². The van der Waals surface area contributed by atoms with Gasteiger partial charge in [-0.15, -0.1) is 0 Å². The number of nitrogens with zero attached hydrogens (tertiary/aromatic N) is 1. The van der Waals surface area contributed by atoms with Crippen LogP contribution in [-0.2, 0) is 4.79 Å². The average Bonchev–Trinajstić information content (AvgIpc) is 2.39. The van der Waals surface area contributed by atoms with Crippen LogP contribution in [0.1, 0.15) is 19.8 Å². The number of hydrogen-bond donors (Lipinski definition) is 1. The Balaban J connectivity index is 1.92. The molecule has 1 aliphatic rings. The number of likely N-dealkylation sites (tertiary alicyclic amines) is 1. The van der Waals surface area contributed by atoms with Gasteiger partial charge < -0.3 is 15.4 Å². The summed E-state index contributed by atoms with van der Waals surface area (Å²) in [4.78, 5) is 14.1. The summed E-state index contributed by atoms with van der Waals surface area (Å²) in [6.07, 6.45) is 1.27. The monoisotopic (exact) mass is 326 g/mol. The van der Waals surface area contributed by atoms with Crippen molar-refractivity contribution in [3.05, 3.63) is 28.7 Å². The minimum atomic E-state index is -0.469. The first-order valence-electron chi connectivity index (χ1n) is 6.53. The predicted molar refractivity (Wildman–Crippen MR) is 78.0 cm³/mol. The molecule has 0 radical (unpaired) electrons. The molecule has 0 spiro atoms. The largest absolute Gasteiger partial charge is 0.481 e.